The van der Waals surface area contributed by atoms with Crippen molar-refractivity contribution in [2.45, 2.75) is 44.4 Å². The minimum atomic E-state index is -5.20. The molecule has 0 saturated carbocycles. The molecule has 0 amide bonds. The van der Waals surface area contributed by atoms with Crippen LogP contribution in [0.15, 0.2) is 12.1 Å². The van der Waals surface area contributed by atoms with Gasteiger partial charge in [-0.05, 0) is 30.9 Å². The highest BCUT2D eigenvalue weighted by molar-refractivity contribution is 6.43. The zero-order chi connectivity index (χ0) is 19.4. The Labute approximate surface area is 153 Å². The minimum Gasteiger partial charge on any atom is -0.495 e. The Morgan fingerprint density at radius 2 is 1.88 bits per heavy atom. The van der Waals surface area contributed by atoms with E-state index in [-0.39, 0.29) is 28.8 Å². The van der Waals surface area contributed by atoms with Crippen LogP contribution in [0.25, 0.3) is 0 Å². The van der Waals surface area contributed by atoms with Gasteiger partial charge in [-0.15, -0.1) is 0 Å². The lowest BCUT2D eigenvalue weighted by atomic mass is 9.83. The van der Waals surface area contributed by atoms with Gasteiger partial charge in [0.15, 0.2) is 0 Å². The molecule has 0 heterocycles. The number of hydrogen-bond donors (Lipinski definition) is 1. The Hall–Kier alpha value is -1.18. The minimum absolute atomic E-state index is 0.0480. The third-order valence-electron chi connectivity index (χ3n) is 3.84. The fourth-order valence-corrected chi connectivity index (χ4v) is 2.87. The summed E-state index contributed by atoms with van der Waals surface area (Å²) in [5.74, 6) is -2.50. The van der Waals surface area contributed by atoms with Crippen LogP contribution in [0.5, 0.6) is 5.75 Å². The van der Waals surface area contributed by atoms with E-state index < -0.39 is 30.1 Å². The van der Waals surface area contributed by atoms with E-state index in [9.17, 15) is 23.1 Å². The molecule has 0 aliphatic rings. The zero-order valence-corrected chi connectivity index (χ0v) is 15.4. The number of esters is 1. The van der Waals surface area contributed by atoms with Crippen LogP contribution in [0.3, 0.4) is 0 Å². The molecule has 2 unspecified atom stereocenters. The van der Waals surface area contributed by atoms with Crippen molar-refractivity contribution in [3.05, 3.63) is 27.7 Å². The number of aliphatic hydroxyl groups is 1. The van der Waals surface area contributed by atoms with E-state index in [0.717, 1.165) is 0 Å². The lowest BCUT2D eigenvalue weighted by Crippen LogP contribution is -2.53. The fourth-order valence-electron chi connectivity index (χ4n) is 2.47. The van der Waals surface area contributed by atoms with E-state index in [2.05, 4.69) is 4.74 Å². The molecule has 0 radical (unpaired) electrons. The zero-order valence-electron chi connectivity index (χ0n) is 13.9. The first-order valence-electron chi connectivity index (χ1n) is 7.51. The largest absolute Gasteiger partial charge is 0.495 e. The second-order valence-electron chi connectivity index (χ2n) is 5.37. The number of carbonyl (C=O) groups excluding carboxylic acids is 1. The number of alkyl halides is 3. The smallest absolute Gasteiger partial charge is 0.428 e. The maximum absolute atomic E-state index is 13.4. The number of ether oxygens (including phenoxy) is 2. The molecule has 2 atom stereocenters. The number of rotatable bonds is 7. The molecule has 1 aromatic carbocycles. The van der Waals surface area contributed by atoms with Crippen LogP contribution in [0.2, 0.25) is 10.0 Å². The van der Waals surface area contributed by atoms with Crippen LogP contribution in [-0.2, 0) is 9.53 Å². The summed E-state index contributed by atoms with van der Waals surface area (Å²) in [7, 11) is 1.30. The van der Waals surface area contributed by atoms with Gasteiger partial charge in [0.25, 0.3) is 5.60 Å². The molecule has 0 aromatic heterocycles. The average molecular weight is 403 g/mol. The Bertz CT molecular complexity index is 622. The highest BCUT2D eigenvalue weighted by atomic mass is 35.5. The Morgan fingerprint density at radius 3 is 2.32 bits per heavy atom. The molecule has 0 aliphatic carbocycles. The normalized spacial score (nSPS) is 15.4. The highest BCUT2D eigenvalue weighted by Crippen LogP contribution is 2.45. The number of carbonyl (C=O) groups is 1. The SMILES string of the molecule is CCOC(=O)C(O)(CC(CC)c1ccc(Cl)c(Cl)c1OC)C(F)(F)F. The lowest BCUT2D eigenvalue weighted by Gasteiger charge is -2.32. The Kier molecular flexibility index (Phi) is 7.40. The van der Waals surface area contributed by atoms with Crippen LogP contribution in [-0.4, -0.2) is 36.6 Å². The molecule has 1 aromatic rings. The van der Waals surface area contributed by atoms with Crippen molar-refractivity contribution in [1.29, 1.82) is 0 Å². The summed E-state index contributed by atoms with van der Waals surface area (Å²) in [6, 6.07) is 2.88. The summed E-state index contributed by atoms with van der Waals surface area (Å²) < 4.78 is 49.7. The number of hydrogen-bond acceptors (Lipinski definition) is 4. The van der Waals surface area contributed by atoms with Gasteiger partial charge < -0.3 is 14.6 Å². The molecular formula is C16H19Cl2F3O4. The molecule has 0 saturated heterocycles. The Balaban J connectivity index is 3.36. The average Bonchev–Trinajstić information content (AvgIpc) is 2.54. The summed E-state index contributed by atoms with van der Waals surface area (Å²) >= 11 is 11.9. The topological polar surface area (TPSA) is 55.8 Å². The highest BCUT2D eigenvalue weighted by Gasteiger charge is 2.61. The first kappa shape index (κ1) is 21.9. The standard InChI is InChI=1S/C16H19Cl2F3O4/c1-4-9(10-6-7-11(17)12(18)13(10)24-3)8-15(23,16(19,20)21)14(22)25-5-2/h6-7,9,23H,4-5,8H2,1-3H3. The molecule has 0 aliphatic heterocycles. The quantitative estimate of drug-likeness (QED) is 0.669. The predicted molar refractivity (Wildman–Crippen MR) is 88.3 cm³/mol. The third kappa shape index (κ3) is 4.51. The first-order valence-corrected chi connectivity index (χ1v) is 8.27. The van der Waals surface area contributed by atoms with Crippen LogP contribution < -0.4 is 4.74 Å². The van der Waals surface area contributed by atoms with Gasteiger partial charge in [0.05, 0.1) is 18.7 Å². The van der Waals surface area contributed by atoms with E-state index in [0.29, 0.717) is 5.56 Å². The van der Waals surface area contributed by atoms with Gasteiger partial charge in [-0.1, -0.05) is 36.2 Å². The molecule has 1 rings (SSSR count). The summed E-state index contributed by atoms with van der Waals surface area (Å²) in [6.07, 6.45) is -5.94. The van der Waals surface area contributed by atoms with E-state index >= 15 is 0 Å². The van der Waals surface area contributed by atoms with Gasteiger partial charge >= 0.3 is 12.1 Å². The van der Waals surface area contributed by atoms with Gasteiger partial charge in [-0.25, -0.2) is 4.79 Å². The monoisotopic (exact) mass is 402 g/mol. The number of halogens is 5. The molecule has 0 spiro atoms. The van der Waals surface area contributed by atoms with E-state index in [1.807, 2.05) is 0 Å². The van der Waals surface area contributed by atoms with Crippen LogP contribution in [0, 0.1) is 0 Å². The fraction of sp³-hybridized carbons (Fsp3) is 0.562. The second-order valence-corrected chi connectivity index (χ2v) is 6.16. The molecule has 25 heavy (non-hydrogen) atoms. The second kappa shape index (κ2) is 8.47. The summed E-state index contributed by atoms with van der Waals surface area (Å²) in [5.41, 5.74) is -3.33. The van der Waals surface area contributed by atoms with Crippen molar-refractivity contribution in [2.24, 2.45) is 0 Å². The van der Waals surface area contributed by atoms with E-state index in [1.165, 1.54) is 26.2 Å². The van der Waals surface area contributed by atoms with Gasteiger partial charge in [0.2, 0.25) is 0 Å². The van der Waals surface area contributed by atoms with E-state index in [1.54, 1.807) is 6.92 Å². The summed E-state index contributed by atoms with van der Waals surface area (Å²) in [6.45, 7) is 2.69. The molecule has 4 nitrogen and oxygen atoms in total. The Morgan fingerprint density at radius 1 is 1.28 bits per heavy atom. The lowest BCUT2D eigenvalue weighted by molar-refractivity contribution is -0.265. The third-order valence-corrected chi connectivity index (χ3v) is 4.63. The predicted octanol–water partition coefficient (Wildman–Crippen LogP) is 4.74. The van der Waals surface area contributed by atoms with Crippen LogP contribution in [0.1, 0.15) is 38.2 Å². The van der Waals surface area contributed by atoms with Gasteiger partial charge in [0.1, 0.15) is 10.8 Å². The molecule has 0 fully saturated rings. The van der Waals surface area contributed by atoms with Gasteiger partial charge in [0, 0.05) is 6.42 Å². The molecule has 142 valence electrons. The van der Waals surface area contributed by atoms with Crippen molar-refractivity contribution in [3.63, 3.8) is 0 Å². The number of methoxy groups -OCH3 is 1. The molecule has 1 N–H and O–H groups in total. The first-order chi connectivity index (χ1) is 11.5. The van der Waals surface area contributed by atoms with Crippen molar-refractivity contribution in [3.8, 4) is 5.75 Å². The maximum Gasteiger partial charge on any atom is 0.428 e. The van der Waals surface area contributed by atoms with Gasteiger partial charge in [-0.3, -0.25) is 0 Å². The molecule has 0 bridgehead atoms. The van der Waals surface area contributed by atoms with Crippen LogP contribution in [0.4, 0.5) is 13.2 Å². The molecule has 9 heteroatoms. The maximum atomic E-state index is 13.4. The summed E-state index contributed by atoms with van der Waals surface area (Å²) in [4.78, 5) is 11.8. The van der Waals surface area contributed by atoms with Crippen molar-refractivity contribution in [2.75, 3.05) is 13.7 Å². The van der Waals surface area contributed by atoms with Crippen molar-refractivity contribution >= 4 is 29.2 Å². The molecular weight excluding hydrogens is 384 g/mol. The summed E-state index contributed by atoms with van der Waals surface area (Å²) in [5, 5.41) is 10.3. The van der Waals surface area contributed by atoms with E-state index in [4.69, 9.17) is 27.9 Å². The van der Waals surface area contributed by atoms with Crippen LogP contribution >= 0.6 is 23.2 Å². The van der Waals surface area contributed by atoms with Crippen molar-refractivity contribution in [1.82, 2.24) is 0 Å². The van der Waals surface area contributed by atoms with Gasteiger partial charge in [-0.2, -0.15) is 13.2 Å². The van der Waals surface area contributed by atoms with Crippen molar-refractivity contribution < 1.29 is 32.5 Å². The number of benzene rings is 1.